The fourth-order valence-electron chi connectivity index (χ4n) is 3.44. The Labute approximate surface area is 147 Å². The minimum Gasteiger partial charge on any atom is -0.337 e. The van der Waals surface area contributed by atoms with Gasteiger partial charge in [-0.2, -0.15) is 0 Å². The lowest BCUT2D eigenvalue weighted by Crippen LogP contribution is -2.40. The zero-order valence-corrected chi connectivity index (χ0v) is 15.2. The molecule has 132 valence electrons. The molecule has 0 atom stereocenters. The van der Waals surface area contributed by atoms with E-state index in [4.69, 9.17) is 0 Å². The monoisotopic (exact) mass is 350 g/mol. The van der Waals surface area contributed by atoms with Crippen LogP contribution < -0.4 is 10.6 Å². The molecule has 0 aromatic carbocycles. The van der Waals surface area contributed by atoms with Crippen molar-refractivity contribution >= 4 is 28.4 Å². The van der Waals surface area contributed by atoms with Crippen LogP contribution >= 0.6 is 11.3 Å². The number of carbonyl (C=O) groups is 2. The molecule has 6 nitrogen and oxygen atoms in total. The van der Waals surface area contributed by atoms with E-state index in [1.54, 1.807) is 0 Å². The van der Waals surface area contributed by atoms with Crippen molar-refractivity contribution in [2.75, 3.05) is 11.9 Å². The Kier molecular flexibility index (Phi) is 5.38. The Balaban J connectivity index is 1.61. The maximum Gasteiger partial charge on any atom is 0.321 e. The first-order valence-electron chi connectivity index (χ1n) is 8.88. The molecule has 1 aliphatic heterocycles. The van der Waals surface area contributed by atoms with Crippen molar-refractivity contribution < 1.29 is 9.59 Å². The van der Waals surface area contributed by atoms with Crippen molar-refractivity contribution in [1.82, 2.24) is 15.2 Å². The number of fused-ring (bicyclic) bond motifs is 1. The average Bonchev–Trinajstić information content (AvgIpc) is 2.95. The van der Waals surface area contributed by atoms with Crippen LogP contribution in [0, 0.1) is 5.92 Å². The molecule has 0 radical (unpaired) electrons. The van der Waals surface area contributed by atoms with Gasteiger partial charge < -0.3 is 10.2 Å². The van der Waals surface area contributed by atoms with Crippen molar-refractivity contribution in [3.63, 3.8) is 0 Å². The van der Waals surface area contributed by atoms with Crippen LogP contribution in [0.2, 0.25) is 0 Å². The summed E-state index contributed by atoms with van der Waals surface area (Å²) in [5.74, 6) is 0.517. The van der Waals surface area contributed by atoms with Crippen LogP contribution in [0.4, 0.5) is 9.93 Å². The normalized spacial score (nSPS) is 18.4. The van der Waals surface area contributed by atoms with E-state index in [1.165, 1.54) is 30.6 Å². The summed E-state index contributed by atoms with van der Waals surface area (Å²) in [5.41, 5.74) is 1.02. The third kappa shape index (κ3) is 4.06. The second-order valence-electron chi connectivity index (χ2n) is 6.99. The van der Waals surface area contributed by atoms with Gasteiger partial charge >= 0.3 is 6.03 Å². The summed E-state index contributed by atoms with van der Waals surface area (Å²) in [5, 5.41) is 6.20. The predicted molar refractivity (Wildman–Crippen MR) is 95.1 cm³/mol. The van der Waals surface area contributed by atoms with E-state index < -0.39 is 0 Å². The molecule has 24 heavy (non-hydrogen) atoms. The molecule has 0 spiro atoms. The Morgan fingerprint density at radius 1 is 1.25 bits per heavy atom. The second kappa shape index (κ2) is 7.51. The topological polar surface area (TPSA) is 74.3 Å². The average molecular weight is 350 g/mol. The van der Waals surface area contributed by atoms with Crippen LogP contribution in [-0.4, -0.2) is 34.4 Å². The van der Waals surface area contributed by atoms with Crippen LogP contribution in [0.1, 0.15) is 56.5 Å². The van der Waals surface area contributed by atoms with E-state index in [-0.39, 0.29) is 18.0 Å². The fourth-order valence-corrected chi connectivity index (χ4v) is 4.46. The van der Waals surface area contributed by atoms with Crippen LogP contribution in [0.5, 0.6) is 0 Å². The van der Waals surface area contributed by atoms with Crippen molar-refractivity contribution in [3.8, 4) is 0 Å². The van der Waals surface area contributed by atoms with Crippen LogP contribution in [-0.2, 0) is 17.8 Å². The molecule has 7 heteroatoms. The number of anilines is 1. The molecule has 1 fully saturated rings. The van der Waals surface area contributed by atoms with Crippen LogP contribution in [0.25, 0.3) is 0 Å². The van der Waals surface area contributed by atoms with E-state index in [1.807, 2.05) is 18.7 Å². The molecule has 1 aliphatic carbocycles. The number of carbonyl (C=O) groups excluding carboxylic acids is 2. The van der Waals surface area contributed by atoms with Gasteiger partial charge in [0.15, 0.2) is 5.13 Å². The van der Waals surface area contributed by atoms with Gasteiger partial charge in [-0.1, -0.05) is 30.6 Å². The largest absolute Gasteiger partial charge is 0.337 e. The molecule has 2 N–H and O–H groups in total. The molecule has 3 rings (SSSR count). The third-order valence-corrected chi connectivity index (χ3v) is 5.64. The molecule has 1 aromatic heterocycles. The molecule has 1 aromatic rings. The van der Waals surface area contributed by atoms with E-state index in [0.29, 0.717) is 17.6 Å². The van der Waals surface area contributed by atoms with Crippen molar-refractivity contribution in [2.45, 2.75) is 65.0 Å². The number of hydrogen-bond donors (Lipinski definition) is 2. The number of nitrogens with one attached hydrogen (secondary N) is 2. The molecule has 1 saturated carbocycles. The molecular formula is C17H26N4O2S. The summed E-state index contributed by atoms with van der Waals surface area (Å²) in [6.45, 7) is 5.21. The highest BCUT2D eigenvalue weighted by Crippen LogP contribution is 2.31. The summed E-state index contributed by atoms with van der Waals surface area (Å²) in [7, 11) is 0. The lowest BCUT2D eigenvalue weighted by Gasteiger charge is -2.31. The van der Waals surface area contributed by atoms with Gasteiger partial charge in [0.05, 0.1) is 12.2 Å². The SMILES string of the molecule is CC(C)NC(=O)Nc1nc2c(s1)CN(C(=O)C1CCCCC1)CC2. The van der Waals surface area contributed by atoms with Gasteiger partial charge in [-0.25, -0.2) is 9.78 Å². The molecular weight excluding hydrogens is 324 g/mol. The van der Waals surface area contributed by atoms with Gasteiger partial charge in [0.1, 0.15) is 0 Å². The summed E-state index contributed by atoms with van der Waals surface area (Å²) < 4.78 is 0. The van der Waals surface area contributed by atoms with Gasteiger partial charge in [-0.05, 0) is 26.7 Å². The zero-order chi connectivity index (χ0) is 17.1. The minimum absolute atomic E-state index is 0.0863. The summed E-state index contributed by atoms with van der Waals surface area (Å²) >= 11 is 1.48. The van der Waals surface area contributed by atoms with Gasteiger partial charge in [0.25, 0.3) is 0 Å². The Morgan fingerprint density at radius 3 is 2.71 bits per heavy atom. The zero-order valence-electron chi connectivity index (χ0n) is 14.4. The third-order valence-electron chi connectivity index (χ3n) is 4.64. The van der Waals surface area contributed by atoms with E-state index >= 15 is 0 Å². The number of rotatable bonds is 3. The van der Waals surface area contributed by atoms with Gasteiger partial charge in [0.2, 0.25) is 5.91 Å². The highest BCUT2D eigenvalue weighted by atomic mass is 32.1. The van der Waals surface area contributed by atoms with Crippen molar-refractivity contribution in [3.05, 3.63) is 10.6 Å². The van der Waals surface area contributed by atoms with Gasteiger partial charge in [-0.3, -0.25) is 10.1 Å². The summed E-state index contributed by atoms with van der Waals surface area (Å²) in [6.07, 6.45) is 6.46. The summed E-state index contributed by atoms with van der Waals surface area (Å²) in [6, 6.07) is -0.144. The summed E-state index contributed by atoms with van der Waals surface area (Å²) in [4.78, 5) is 32.1. The van der Waals surface area contributed by atoms with E-state index in [0.717, 1.165) is 36.4 Å². The van der Waals surface area contributed by atoms with Crippen LogP contribution in [0.15, 0.2) is 0 Å². The quantitative estimate of drug-likeness (QED) is 0.879. The molecule has 2 heterocycles. The minimum atomic E-state index is -0.230. The van der Waals surface area contributed by atoms with E-state index in [9.17, 15) is 9.59 Å². The number of hydrogen-bond acceptors (Lipinski definition) is 4. The molecule has 0 saturated heterocycles. The fraction of sp³-hybridized carbons (Fsp3) is 0.706. The maximum atomic E-state index is 12.7. The number of thiazole rings is 1. The Morgan fingerprint density at radius 2 is 2.00 bits per heavy atom. The van der Waals surface area contributed by atoms with Crippen molar-refractivity contribution in [2.24, 2.45) is 5.92 Å². The molecule has 3 amide bonds. The van der Waals surface area contributed by atoms with Crippen molar-refractivity contribution in [1.29, 1.82) is 0 Å². The number of nitrogens with zero attached hydrogens (tertiary/aromatic N) is 2. The highest BCUT2D eigenvalue weighted by molar-refractivity contribution is 7.15. The first-order chi connectivity index (χ1) is 11.5. The first kappa shape index (κ1) is 17.2. The van der Waals surface area contributed by atoms with E-state index in [2.05, 4.69) is 15.6 Å². The van der Waals surface area contributed by atoms with Gasteiger partial charge in [0, 0.05) is 29.8 Å². The lowest BCUT2D eigenvalue weighted by atomic mass is 9.88. The number of aromatic nitrogens is 1. The highest BCUT2D eigenvalue weighted by Gasteiger charge is 2.30. The molecule has 0 unspecified atom stereocenters. The Hall–Kier alpha value is -1.63. The molecule has 0 bridgehead atoms. The Bertz CT molecular complexity index is 608. The number of urea groups is 1. The smallest absolute Gasteiger partial charge is 0.321 e. The first-order valence-corrected chi connectivity index (χ1v) is 9.69. The lowest BCUT2D eigenvalue weighted by molar-refractivity contribution is -0.137. The predicted octanol–water partition coefficient (Wildman–Crippen LogP) is 3.14. The second-order valence-corrected chi connectivity index (χ2v) is 8.07. The number of amides is 3. The standard InChI is InChI=1S/C17H26N4O2S/c1-11(2)18-16(23)20-17-19-13-8-9-21(10-14(13)24-17)15(22)12-6-4-3-5-7-12/h11-12H,3-10H2,1-2H3,(H2,18,19,20,23). The maximum absolute atomic E-state index is 12.7. The van der Waals surface area contributed by atoms with Crippen LogP contribution in [0.3, 0.4) is 0 Å². The molecule has 2 aliphatic rings. The van der Waals surface area contributed by atoms with Gasteiger partial charge in [-0.15, -0.1) is 0 Å².